The zero-order chi connectivity index (χ0) is 17.3. The molecule has 3 heteroatoms. The molecule has 0 aromatic heterocycles. The van der Waals surface area contributed by atoms with Crippen molar-refractivity contribution in [2.24, 2.45) is 5.16 Å². The molecule has 0 aliphatic carbocycles. The summed E-state index contributed by atoms with van der Waals surface area (Å²) in [6.07, 6.45) is 1.73. The first-order valence-corrected chi connectivity index (χ1v) is 8.49. The molecule has 0 unspecified atom stereocenters. The van der Waals surface area contributed by atoms with Crippen molar-refractivity contribution in [1.29, 1.82) is 0 Å². The number of hydrogen-bond acceptors (Lipinski definition) is 3. The minimum atomic E-state index is 0.732. The van der Waals surface area contributed by atoms with Crippen molar-refractivity contribution in [1.82, 2.24) is 0 Å². The average Bonchev–Trinajstić information content (AvgIpc) is 2.68. The Morgan fingerprint density at radius 1 is 0.840 bits per heavy atom. The van der Waals surface area contributed by atoms with Gasteiger partial charge >= 0.3 is 0 Å². The lowest BCUT2D eigenvalue weighted by atomic mass is 10.1. The van der Waals surface area contributed by atoms with Crippen molar-refractivity contribution in [3.8, 4) is 5.75 Å². The number of rotatable bonds is 7. The molecule has 0 radical (unpaired) electrons. The third-order valence-electron chi connectivity index (χ3n) is 3.96. The SMILES string of the molecule is CCN(Cc1ccccc1)c1ccc(C=NOc2ccccc2)cc1. The van der Waals surface area contributed by atoms with Crippen LogP contribution in [0.1, 0.15) is 18.1 Å². The number of benzene rings is 3. The summed E-state index contributed by atoms with van der Waals surface area (Å²) in [5.74, 6) is 0.732. The second-order valence-electron chi connectivity index (χ2n) is 5.73. The molecule has 0 spiro atoms. The fourth-order valence-corrected chi connectivity index (χ4v) is 2.59. The largest absolute Gasteiger partial charge is 0.367 e. The summed E-state index contributed by atoms with van der Waals surface area (Å²) in [6, 6.07) is 28.4. The third kappa shape index (κ3) is 4.95. The summed E-state index contributed by atoms with van der Waals surface area (Å²) >= 11 is 0. The van der Waals surface area contributed by atoms with E-state index in [-0.39, 0.29) is 0 Å². The monoisotopic (exact) mass is 330 g/mol. The van der Waals surface area contributed by atoms with Crippen LogP contribution >= 0.6 is 0 Å². The molecule has 0 fully saturated rings. The molecule has 25 heavy (non-hydrogen) atoms. The molecule has 0 amide bonds. The van der Waals surface area contributed by atoms with Crippen molar-refractivity contribution in [3.05, 3.63) is 96.1 Å². The van der Waals surface area contributed by atoms with Crippen LogP contribution in [-0.2, 0) is 6.54 Å². The molecule has 3 nitrogen and oxygen atoms in total. The molecule has 0 aliphatic rings. The second kappa shape index (κ2) is 8.69. The van der Waals surface area contributed by atoms with Crippen molar-refractivity contribution < 1.29 is 4.84 Å². The van der Waals surface area contributed by atoms with Crippen LogP contribution in [-0.4, -0.2) is 12.8 Å². The molecule has 3 aromatic rings. The Balaban J connectivity index is 1.62. The topological polar surface area (TPSA) is 24.8 Å². The van der Waals surface area contributed by atoms with Crippen LogP contribution in [0, 0.1) is 0 Å². The first-order valence-electron chi connectivity index (χ1n) is 8.49. The fraction of sp³-hybridized carbons (Fsp3) is 0.136. The summed E-state index contributed by atoms with van der Waals surface area (Å²) in [6.45, 7) is 4.04. The highest BCUT2D eigenvalue weighted by molar-refractivity contribution is 5.80. The van der Waals surface area contributed by atoms with Crippen LogP contribution in [0.5, 0.6) is 5.75 Å². The van der Waals surface area contributed by atoms with Crippen molar-refractivity contribution in [2.45, 2.75) is 13.5 Å². The predicted octanol–water partition coefficient (Wildman–Crippen LogP) is 5.13. The molecule has 0 saturated heterocycles. The van der Waals surface area contributed by atoms with Crippen molar-refractivity contribution in [3.63, 3.8) is 0 Å². The highest BCUT2D eigenvalue weighted by Gasteiger charge is 2.05. The molecule has 0 N–H and O–H groups in total. The van der Waals surface area contributed by atoms with Gasteiger partial charge in [-0.05, 0) is 42.3 Å². The maximum atomic E-state index is 5.35. The Morgan fingerprint density at radius 3 is 2.12 bits per heavy atom. The Bertz CT molecular complexity index is 783. The average molecular weight is 330 g/mol. The summed E-state index contributed by atoms with van der Waals surface area (Å²) in [5, 5.41) is 4.04. The maximum Gasteiger partial charge on any atom is 0.157 e. The quantitative estimate of drug-likeness (QED) is 0.443. The molecular weight excluding hydrogens is 308 g/mol. The van der Waals surface area contributed by atoms with E-state index < -0.39 is 0 Å². The lowest BCUT2D eigenvalue weighted by Crippen LogP contribution is -2.21. The lowest BCUT2D eigenvalue weighted by Gasteiger charge is -2.23. The highest BCUT2D eigenvalue weighted by Crippen LogP contribution is 2.17. The van der Waals surface area contributed by atoms with Crippen LogP contribution in [0.15, 0.2) is 90.1 Å². The van der Waals surface area contributed by atoms with Gasteiger partial charge in [0.2, 0.25) is 0 Å². The van der Waals surface area contributed by atoms with Gasteiger partial charge in [0, 0.05) is 18.8 Å². The van der Waals surface area contributed by atoms with Gasteiger partial charge in [0.05, 0.1) is 6.21 Å². The van der Waals surface area contributed by atoms with Gasteiger partial charge in [0.25, 0.3) is 0 Å². The van der Waals surface area contributed by atoms with E-state index in [1.807, 2.05) is 36.4 Å². The Hall–Kier alpha value is -3.07. The van der Waals surface area contributed by atoms with E-state index in [0.29, 0.717) is 0 Å². The molecule has 126 valence electrons. The first-order chi connectivity index (χ1) is 12.3. The standard InChI is InChI=1S/C22H22N2O/c1-2-24(18-20-9-5-3-6-10-20)21-15-13-19(14-16-21)17-23-25-22-11-7-4-8-12-22/h3-17H,2,18H2,1H3. The molecule has 3 rings (SSSR count). The Kier molecular flexibility index (Phi) is 5.83. The second-order valence-corrected chi connectivity index (χ2v) is 5.73. The molecule has 0 saturated carbocycles. The number of anilines is 1. The fourth-order valence-electron chi connectivity index (χ4n) is 2.59. The minimum Gasteiger partial charge on any atom is -0.367 e. The van der Waals surface area contributed by atoms with Gasteiger partial charge in [-0.3, -0.25) is 0 Å². The smallest absolute Gasteiger partial charge is 0.157 e. The maximum absolute atomic E-state index is 5.35. The zero-order valence-corrected chi connectivity index (χ0v) is 14.4. The van der Waals surface area contributed by atoms with Gasteiger partial charge in [0.15, 0.2) is 5.75 Å². The molecule has 0 aliphatic heterocycles. The number of oxime groups is 1. The van der Waals surface area contributed by atoms with Gasteiger partial charge < -0.3 is 9.74 Å². The molecular formula is C22H22N2O. The van der Waals surface area contributed by atoms with Crippen LogP contribution < -0.4 is 9.74 Å². The van der Waals surface area contributed by atoms with Gasteiger partial charge in [-0.15, -0.1) is 0 Å². The Labute approximate surface area is 149 Å². The van der Waals surface area contributed by atoms with Crippen molar-refractivity contribution >= 4 is 11.9 Å². The molecule has 0 bridgehead atoms. The first kappa shape index (κ1) is 16.8. The van der Waals surface area contributed by atoms with Crippen LogP contribution in [0.25, 0.3) is 0 Å². The summed E-state index contributed by atoms with van der Waals surface area (Å²) in [7, 11) is 0. The van der Waals surface area contributed by atoms with Crippen LogP contribution in [0.2, 0.25) is 0 Å². The summed E-state index contributed by atoms with van der Waals surface area (Å²) in [5.41, 5.74) is 3.52. The van der Waals surface area contributed by atoms with Gasteiger partial charge in [-0.1, -0.05) is 65.8 Å². The third-order valence-corrected chi connectivity index (χ3v) is 3.96. The van der Waals surface area contributed by atoms with E-state index in [0.717, 1.165) is 24.4 Å². The normalized spacial score (nSPS) is 10.8. The molecule has 0 heterocycles. The van der Waals surface area contributed by atoms with Gasteiger partial charge in [-0.2, -0.15) is 0 Å². The van der Waals surface area contributed by atoms with Gasteiger partial charge in [-0.25, -0.2) is 0 Å². The summed E-state index contributed by atoms with van der Waals surface area (Å²) < 4.78 is 0. The van der Waals surface area contributed by atoms with E-state index in [4.69, 9.17) is 4.84 Å². The van der Waals surface area contributed by atoms with E-state index >= 15 is 0 Å². The minimum absolute atomic E-state index is 0.732. The van der Waals surface area contributed by atoms with Crippen LogP contribution in [0.3, 0.4) is 0 Å². The van der Waals surface area contributed by atoms with E-state index in [2.05, 4.69) is 65.5 Å². The van der Waals surface area contributed by atoms with Gasteiger partial charge in [0.1, 0.15) is 0 Å². The van der Waals surface area contributed by atoms with E-state index in [9.17, 15) is 0 Å². The number of para-hydroxylation sites is 1. The highest BCUT2D eigenvalue weighted by atomic mass is 16.6. The molecule has 0 atom stereocenters. The predicted molar refractivity (Wildman–Crippen MR) is 104 cm³/mol. The van der Waals surface area contributed by atoms with E-state index in [1.54, 1.807) is 6.21 Å². The van der Waals surface area contributed by atoms with Crippen LogP contribution in [0.4, 0.5) is 5.69 Å². The van der Waals surface area contributed by atoms with Crippen molar-refractivity contribution in [2.75, 3.05) is 11.4 Å². The summed E-state index contributed by atoms with van der Waals surface area (Å²) in [4.78, 5) is 7.69. The zero-order valence-electron chi connectivity index (χ0n) is 14.4. The Morgan fingerprint density at radius 2 is 1.48 bits per heavy atom. The lowest BCUT2D eigenvalue weighted by molar-refractivity contribution is 0.344. The van der Waals surface area contributed by atoms with E-state index in [1.165, 1.54) is 11.3 Å². The number of hydrogen-bond donors (Lipinski definition) is 0. The molecule has 3 aromatic carbocycles. The number of nitrogens with zero attached hydrogens (tertiary/aromatic N) is 2.